The Labute approximate surface area is 224 Å². The molecule has 1 unspecified atom stereocenters. The van der Waals surface area contributed by atoms with Crippen molar-refractivity contribution < 1.29 is 28.6 Å². The van der Waals surface area contributed by atoms with Crippen molar-refractivity contribution in [3.8, 4) is 5.75 Å². The maximum absolute atomic E-state index is 13.1. The van der Waals surface area contributed by atoms with E-state index in [1.54, 1.807) is 29.5 Å². The molecule has 1 saturated heterocycles. The second kappa shape index (κ2) is 11.5. The first-order valence-electron chi connectivity index (χ1n) is 12.5. The molecule has 0 bridgehead atoms. The summed E-state index contributed by atoms with van der Waals surface area (Å²) in [6.45, 7) is 4.69. The van der Waals surface area contributed by atoms with Crippen molar-refractivity contribution in [1.29, 1.82) is 0 Å². The van der Waals surface area contributed by atoms with Gasteiger partial charge in [0.1, 0.15) is 23.4 Å². The van der Waals surface area contributed by atoms with E-state index in [9.17, 15) is 14.4 Å². The molecule has 2 amide bonds. The Balaban J connectivity index is 1.27. The minimum Gasteiger partial charge on any atom is -0.486 e. The average molecular weight is 539 g/mol. The number of nitrogens with zero attached hydrogens (tertiary/aromatic N) is 3. The number of benzene rings is 2. The van der Waals surface area contributed by atoms with Crippen LogP contribution in [0.5, 0.6) is 5.75 Å². The molecule has 2 aliphatic heterocycles. The predicted octanol–water partition coefficient (Wildman–Crippen LogP) is 2.47. The number of nitrogens with two attached hydrogens (primary N) is 1. The van der Waals surface area contributed by atoms with Crippen LogP contribution in [0, 0.1) is 0 Å². The lowest BCUT2D eigenvalue weighted by Gasteiger charge is -2.26. The third kappa shape index (κ3) is 5.64. The fourth-order valence-corrected chi connectivity index (χ4v) is 5.72. The first-order valence-corrected chi connectivity index (χ1v) is 13.3. The van der Waals surface area contributed by atoms with Crippen LogP contribution in [0.25, 0.3) is 10.2 Å². The molecular weight excluding hydrogens is 508 g/mol. The highest BCUT2D eigenvalue weighted by Crippen LogP contribution is 2.34. The molecule has 2 aromatic carbocycles. The highest BCUT2D eigenvalue weighted by atomic mass is 32.1. The number of amides is 2. The van der Waals surface area contributed by atoms with Crippen LogP contribution in [0.2, 0.25) is 0 Å². The van der Waals surface area contributed by atoms with Crippen LogP contribution in [0.3, 0.4) is 0 Å². The summed E-state index contributed by atoms with van der Waals surface area (Å²) in [5, 5.41) is 0.829. The van der Waals surface area contributed by atoms with Crippen molar-refractivity contribution in [2.24, 2.45) is 5.73 Å². The van der Waals surface area contributed by atoms with Gasteiger partial charge in [-0.15, -0.1) is 11.3 Å². The lowest BCUT2D eigenvalue weighted by Crippen LogP contribution is -2.45. The Hall–Kier alpha value is -3.54. The Morgan fingerprint density at radius 2 is 2.03 bits per heavy atom. The van der Waals surface area contributed by atoms with Crippen LogP contribution in [0.1, 0.15) is 39.3 Å². The number of thiazole rings is 1. The summed E-state index contributed by atoms with van der Waals surface area (Å²) >= 11 is 1.57. The number of hydrogen-bond acceptors (Lipinski definition) is 9. The summed E-state index contributed by atoms with van der Waals surface area (Å²) in [7, 11) is 1.28. The van der Waals surface area contributed by atoms with Crippen molar-refractivity contribution >= 4 is 39.3 Å². The van der Waals surface area contributed by atoms with Gasteiger partial charge < -0.3 is 24.8 Å². The summed E-state index contributed by atoms with van der Waals surface area (Å²) < 4.78 is 17.3. The number of morpholine rings is 1. The van der Waals surface area contributed by atoms with E-state index in [1.807, 2.05) is 0 Å². The van der Waals surface area contributed by atoms with E-state index < -0.39 is 17.9 Å². The molecule has 2 N–H and O–H groups in total. The first kappa shape index (κ1) is 26.1. The number of aromatic nitrogens is 1. The zero-order valence-electron chi connectivity index (χ0n) is 21.2. The van der Waals surface area contributed by atoms with Crippen LogP contribution in [-0.2, 0) is 38.8 Å². The molecule has 0 radical (unpaired) electrons. The van der Waals surface area contributed by atoms with Crippen LogP contribution in [-0.4, -0.2) is 72.0 Å². The van der Waals surface area contributed by atoms with Crippen molar-refractivity contribution in [1.82, 2.24) is 14.8 Å². The molecule has 0 saturated carbocycles. The molecule has 11 heteroatoms. The maximum Gasteiger partial charge on any atom is 0.305 e. The number of primary amides is 1. The van der Waals surface area contributed by atoms with Gasteiger partial charge in [0.15, 0.2) is 0 Å². The van der Waals surface area contributed by atoms with E-state index >= 15 is 0 Å². The second-order valence-electron chi connectivity index (χ2n) is 9.34. The van der Waals surface area contributed by atoms with E-state index in [-0.39, 0.29) is 31.9 Å². The Morgan fingerprint density at radius 1 is 1.21 bits per heavy atom. The molecule has 1 atom stereocenters. The highest BCUT2D eigenvalue weighted by molar-refractivity contribution is 7.18. The largest absolute Gasteiger partial charge is 0.486 e. The van der Waals surface area contributed by atoms with Crippen LogP contribution in [0.4, 0.5) is 0 Å². The molecule has 1 aromatic heterocycles. The predicted molar refractivity (Wildman–Crippen MR) is 141 cm³/mol. The number of carbonyl (C=O) groups excluding carboxylic acids is 3. The van der Waals surface area contributed by atoms with Gasteiger partial charge in [-0.05, 0) is 36.2 Å². The normalized spacial score (nSPS) is 16.4. The molecule has 3 aromatic rings. The molecule has 1 fully saturated rings. The SMILES string of the molecule is COC(=O)CCC(C(N)=O)N1Cc2c(OCc3nc4cc(CN5CCOCC5)ccc4s3)cccc2C1=O. The molecule has 3 heterocycles. The fraction of sp³-hybridized carbons (Fsp3) is 0.407. The van der Waals surface area contributed by atoms with Crippen molar-refractivity contribution in [2.45, 2.75) is 38.6 Å². The van der Waals surface area contributed by atoms with E-state index in [2.05, 4.69) is 27.8 Å². The lowest BCUT2D eigenvalue weighted by atomic mass is 10.1. The van der Waals surface area contributed by atoms with Crippen LogP contribution in [0.15, 0.2) is 36.4 Å². The molecule has 38 heavy (non-hydrogen) atoms. The van der Waals surface area contributed by atoms with Crippen molar-refractivity contribution in [3.05, 3.63) is 58.1 Å². The van der Waals surface area contributed by atoms with Gasteiger partial charge in [-0.3, -0.25) is 19.3 Å². The number of carbonyl (C=O) groups is 3. The number of hydrogen-bond donors (Lipinski definition) is 1. The van der Waals surface area contributed by atoms with Gasteiger partial charge in [0.25, 0.3) is 5.91 Å². The summed E-state index contributed by atoms with van der Waals surface area (Å²) in [5.41, 5.74) is 8.89. The van der Waals surface area contributed by atoms with Crippen molar-refractivity contribution in [3.63, 3.8) is 0 Å². The van der Waals surface area contributed by atoms with Gasteiger partial charge >= 0.3 is 5.97 Å². The van der Waals surface area contributed by atoms with Gasteiger partial charge in [-0.25, -0.2) is 4.98 Å². The minimum atomic E-state index is -0.919. The topological polar surface area (TPSA) is 124 Å². The number of rotatable bonds is 10. The third-order valence-electron chi connectivity index (χ3n) is 6.86. The third-order valence-corrected chi connectivity index (χ3v) is 7.87. The summed E-state index contributed by atoms with van der Waals surface area (Å²) in [6, 6.07) is 10.7. The molecule has 5 rings (SSSR count). The number of esters is 1. The summed E-state index contributed by atoms with van der Waals surface area (Å²) in [4.78, 5) is 45.4. The zero-order chi connectivity index (χ0) is 26.6. The van der Waals surface area contributed by atoms with Gasteiger partial charge in [0, 0.05) is 37.2 Å². The Morgan fingerprint density at radius 3 is 2.79 bits per heavy atom. The van der Waals surface area contributed by atoms with Gasteiger partial charge in [-0.1, -0.05) is 12.1 Å². The first-order chi connectivity index (χ1) is 18.4. The maximum atomic E-state index is 13.1. The van der Waals surface area contributed by atoms with Gasteiger partial charge in [-0.2, -0.15) is 0 Å². The van der Waals surface area contributed by atoms with Crippen LogP contribution < -0.4 is 10.5 Å². The van der Waals surface area contributed by atoms with Crippen LogP contribution >= 0.6 is 11.3 Å². The highest BCUT2D eigenvalue weighted by Gasteiger charge is 2.37. The quantitative estimate of drug-likeness (QED) is 0.391. The molecule has 2 aliphatic rings. The fourth-order valence-electron chi connectivity index (χ4n) is 4.86. The summed E-state index contributed by atoms with van der Waals surface area (Å²) in [5.74, 6) is -0.887. The van der Waals surface area contributed by atoms with E-state index in [4.69, 9.17) is 20.2 Å². The molecule has 0 aliphatic carbocycles. The Bertz CT molecular complexity index is 1350. The second-order valence-corrected chi connectivity index (χ2v) is 10.5. The lowest BCUT2D eigenvalue weighted by molar-refractivity contribution is -0.141. The molecule has 10 nitrogen and oxygen atoms in total. The zero-order valence-corrected chi connectivity index (χ0v) is 22.0. The molecule has 200 valence electrons. The molecular formula is C27H30N4O6S. The van der Waals surface area contributed by atoms with E-state index in [0.29, 0.717) is 16.9 Å². The smallest absolute Gasteiger partial charge is 0.305 e. The average Bonchev–Trinajstić information content (AvgIpc) is 3.48. The minimum absolute atomic E-state index is 0.0145. The van der Waals surface area contributed by atoms with Gasteiger partial charge in [0.05, 0.1) is 37.1 Å². The van der Waals surface area contributed by atoms with E-state index in [1.165, 1.54) is 17.6 Å². The standard InChI is InChI=1S/C27H30N4O6S/c1-35-25(32)8-6-21(26(28)33)31-15-19-18(27(31)34)3-2-4-22(19)37-16-24-29-20-13-17(5-7-23(20)38-24)14-30-9-11-36-12-10-30/h2-5,7,13,21H,6,8-12,14-16H2,1H3,(H2,28,33). The molecule has 0 spiro atoms. The monoisotopic (exact) mass is 538 g/mol. The number of fused-ring (bicyclic) bond motifs is 2. The van der Waals surface area contributed by atoms with Gasteiger partial charge in [0.2, 0.25) is 5.91 Å². The summed E-state index contributed by atoms with van der Waals surface area (Å²) in [6.07, 6.45) is 0.0799. The number of methoxy groups -OCH3 is 1. The Kier molecular flexibility index (Phi) is 7.87. The van der Waals surface area contributed by atoms with E-state index in [0.717, 1.165) is 48.1 Å². The van der Waals surface area contributed by atoms with Crippen molar-refractivity contribution in [2.75, 3.05) is 33.4 Å². The number of ether oxygens (including phenoxy) is 3.